The van der Waals surface area contributed by atoms with Gasteiger partial charge >= 0.3 is 6.03 Å². The van der Waals surface area contributed by atoms with Gasteiger partial charge in [0.2, 0.25) is 0 Å². The number of carbonyl (C=O) groups is 1. The Balaban J connectivity index is 1.83. The smallest absolute Gasteiger partial charge is 0.312 e. The second kappa shape index (κ2) is 4.18. The molecule has 0 saturated carbocycles. The van der Waals surface area contributed by atoms with Crippen LogP contribution in [0.15, 0.2) is 0 Å². The minimum Gasteiger partial charge on any atom is -0.352 e. The van der Waals surface area contributed by atoms with Crippen LogP contribution in [-0.2, 0) is 0 Å². The maximum absolute atomic E-state index is 10.2. The molecule has 2 amide bonds. The van der Waals surface area contributed by atoms with Crippen LogP contribution >= 0.6 is 0 Å². The lowest BCUT2D eigenvalue weighted by atomic mass is 10.0. The summed E-state index contributed by atoms with van der Waals surface area (Å²) >= 11 is 0. The standard InChI is InChI=1S/C7H15N3O/c8-7(11)10-4-1-2-6-3-5-9-6/h6,9H,1-5H2,(H3,8,10,11). The third-order valence-corrected chi connectivity index (χ3v) is 1.95. The summed E-state index contributed by atoms with van der Waals surface area (Å²) < 4.78 is 0. The molecule has 0 spiro atoms. The SMILES string of the molecule is NC(=O)NCCCC1CCN1. The van der Waals surface area contributed by atoms with Gasteiger partial charge in [-0.15, -0.1) is 0 Å². The molecule has 4 N–H and O–H groups in total. The number of rotatable bonds is 4. The van der Waals surface area contributed by atoms with Crippen molar-refractivity contribution in [3.8, 4) is 0 Å². The molecule has 1 heterocycles. The second-order valence-electron chi connectivity index (χ2n) is 2.87. The normalized spacial score (nSPS) is 22.4. The van der Waals surface area contributed by atoms with E-state index in [2.05, 4.69) is 10.6 Å². The van der Waals surface area contributed by atoms with E-state index < -0.39 is 6.03 Å². The Hall–Kier alpha value is -0.770. The Bertz CT molecular complexity index is 134. The zero-order valence-corrected chi connectivity index (χ0v) is 6.60. The highest BCUT2D eigenvalue weighted by molar-refractivity contribution is 5.71. The molecule has 0 aromatic rings. The van der Waals surface area contributed by atoms with Crippen molar-refractivity contribution in [2.75, 3.05) is 13.1 Å². The van der Waals surface area contributed by atoms with Crippen molar-refractivity contribution >= 4 is 6.03 Å². The maximum Gasteiger partial charge on any atom is 0.312 e. The Labute approximate surface area is 66.5 Å². The van der Waals surface area contributed by atoms with Crippen LogP contribution in [0.1, 0.15) is 19.3 Å². The molecule has 0 aromatic carbocycles. The number of carbonyl (C=O) groups excluding carboxylic acids is 1. The fourth-order valence-corrected chi connectivity index (χ4v) is 1.15. The van der Waals surface area contributed by atoms with E-state index in [1.165, 1.54) is 6.42 Å². The van der Waals surface area contributed by atoms with Gasteiger partial charge in [0.1, 0.15) is 0 Å². The molecule has 1 unspecified atom stereocenters. The van der Waals surface area contributed by atoms with Gasteiger partial charge in [-0.2, -0.15) is 0 Å². The fraction of sp³-hybridized carbons (Fsp3) is 0.857. The van der Waals surface area contributed by atoms with Gasteiger partial charge in [0, 0.05) is 12.6 Å². The third kappa shape index (κ3) is 3.23. The van der Waals surface area contributed by atoms with Crippen LogP contribution in [0.4, 0.5) is 4.79 Å². The highest BCUT2D eigenvalue weighted by Crippen LogP contribution is 2.07. The van der Waals surface area contributed by atoms with Crippen molar-refractivity contribution in [1.29, 1.82) is 0 Å². The van der Waals surface area contributed by atoms with Crippen molar-refractivity contribution in [2.24, 2.45) is 5.73 Å². The molecule has 1 rings (SSSR count). The summed E-state index contributed by atoms with van der Waals surface area (Å²) in [6, 6.07) is 0.260. The topological polar surface area (TPSA) is 67.2 Å². The molecular formula is C7H15N3O. The van der Waals surface area contributed by atoms with E-state index in [1.807, 2.05) is 0 Å². The number of amides is 2. The van der Waals surface area contributed by atoms with Crippen LogP contribution < -0.4 is 16.4 Å². The molecule has 1 saturated heterocycles. The number of nitrogens with one attached hydrogen (secondary N) is 2. The van der Waals surface area contributed by atoms with E-state index in [0.717, 1.165) is 19.4 Å². The Morgan fingerprint density at radius 1 is 1.73 bits per heavy atom. The second-order valence-corrected chi connectivity index (χ2v) is 2.87. The molecule has 4 heteroatoms. The average Bonchev–Trinajstić information content (AvgIpc) is 1.82. The zero-order chi connectivity index (χ0) is 8.10. The van der Waals surface area contributed by atoms with Crippen molar-refractivity contribution in [1.82, 2.24) is 10.6 Å². The quantitative estimate of drug-likeness (QED) is 0.495. The summed E-state index contributed by atoms with van der Waals surface area (Å²) in [7, 11) is 0. The lowest BCUT2D eigenvalue weighted by molar-refractivity contribution is 0.248. The molecule has 0 radical (unpaired) electrons. The predicted molar refractivity (Wildman–Crippen MR) is 43.2 cm³/mol. The third-order valence-electron chi connectivity index (χ3n) is 1.95. The van der Waals surface area contributed by atoms with Gasteiger partial charge in [-0.25, -0.2) is 4.79 Å². The van der Waals surface area contributed by atoms with Crippen LogP contribution in [0.3, 0.4) is 0 Å². The average molecular weight is 157 g/mol. The van der Waals surface area contributed by atoms with Gasteiger partial charge in [0.25, 0.3) is 0 Å². The molecule has 1 atom stereocenters. The van der Waals surface area contributed by atoms with Gasteiger partial charge in [0.05, 0.1) is 0 Å². The van der Waals surface area contributed by atoms with E-state index in [1.54, 1.807) is 0 Å². The van der Waals surface area contributed by atoms with Gasteiger partial charge < -0.3 is 16.4 Å². The minimum atomic E-state index is -0.424. The summed E-state index contributed by atoms with van der Waals surface area (Å²) in [4.78, 5) is 10.2. The van der Waals surface area contributed by atoms with E-state index in [-0.39, 0.29) is 0 Å². The number of hydrogen-bond acceptors (Lipinski definition) is 2. The summed E-state index contributed by atoms with van der Waals surface area (Å²) in [5.74, 6) is 0. The van der Waals surface area contributed by atoms with Crippen LogP contribution in [0, 0.1) is 0 Å². The first kappa shape index (κ1) is 8.33. The monoisotopic (exact) mass is 157 g/mol. The number of urea groups is 1. The summed E-state index contributed by atoms with van der Waals surface area (Å²) in [5, 5.41) is 5.85. The first-order valence-corrected chi connectivity index (χ1v) is 4.06. The van der Waals surface area contributed by atoms with Crippen molar-refractivity contribution < 1.29 is 4.79 Å². The van der Waals surface area contributed by atoms with Crippen molar-refractivity contribution in [2.45, 2.75) is 25.3 Å². The maximum atomic E-state index is 10.2. The minimum absolute atomic E-state index is 0.424. The molecule has 4 nitrogen and oxygen atoms in total. The lowest BCUT2D eigenvalue weighted by Gasteiger charge is -2.27. The molecular weight excluding hydrogens is 142 g/mol. The van der Waals surface area contributed by atoms with Crippen LogP contribution in [-0.4, -0.2) is 25.2 Å². The first-order chi connectivity index (χ1) is 5.29. The Morgan fingerprint density at radius 3 is 2.91 bits per heavy atom. The van der Waals surface area contributed by atoms with Crippen LogP contribution in [0.25, 0.3) is 0 Å². The molecule has 0 aliphatic carbocycles. The number of nitrogens with two attached hydrogens (primary N) is 1. The number of hydrogen-bond donors (Lipinski definition) is 3. The summed E-state index contributed by atoms with van der Waals surface area (Å²) in [5.41, 5.74) is 4.89. The van der Waals surface area contributed by atoms with Gasteiger partial charge in [-0.05, 0) is 25.8 Å². The highest BCUT2D eigenvalue weighted by Gasteiger charge is 2.14. The van der Waals surface area contributed by atoms with Gasteiger partial charge in [-0.3, -0.25) is 0 Å². The molecule has 64 valence electrons. The molecule has 1 aliphatic rings. The fourth-order valence-electron chi connectivity index (χ4n) is 1.15. The first-order valence-electron chi connectivity index (χ1n) is 4.06. The molecule has 0 bridgehead atoms. The van der Waals surface area contributed by atoms with Gasteiger partial charge in [0.15, 0.2) is 0 Å². The zero-order valence-electron chi connectivity index (χ0n) is 6.60. The van der Waals surface area contributed by atoms with E-state index >= 15 is 0 Å². The number of primary amides is 1. The van der Waals surface area contributed by atoms with E-state index in [0.29, 0.717) is 12.6 Å². The van der Waals surface area contributed by atoms with Crippen molar-refractivity contribution in [3.05, 3.63) is 0 Å². The highest BCUT2D eigenvalue weighted by atomic mass is 16.2. The molecule has 1 fully saturated rings. The lowest BCUT2D eigenvalue weighted by Crippen LogP contribution is -2.43. The summed E-state index contributed by atoms with van der Waals surface area (Å²) in [6.07, 6.45) is 3.43. The van der Waals surface area contributed by atoms with Crippen molar-refractivity contribution in [3.63, 3.8) is 0 Å². The van der Waals surface area contributed by atoms with E-state index in [9.17, 15) is 4.79 Å². The molecule has 0 aromatic heterocycles. The van der Waals surface area contributed by atoms with Crippen LogP contribution in [0.5, 0.6) is 0 Å². The van der Waals surface area contributed by atoms with Gasteiger partial charge in [-0.1, -0.05) is 0 Å². The molecule has 1 aliphatic heterocycles. The molecule has 11 heavy (non-hydrogen) atoms. The Kier molecular flexibility index (Phi) is 3.16. The van der Waals surface area contributed by atoms with Crippen LogP contribution in [0.2, 0.25) is 0 Å². The predicted octanol–water partition coefficient (Wildman–Crippen LogP) is -0.203. The summed E-state index contributed by atoms with van der Waals surface area (Å²) in [6.45, 7) is 1.85. The van der Waals surface area contributed by atoms with E-state index in [4.69, 9.17) is 5.73 Å². The largest absolute Gasteiger partial charge is 0.352 e. The Morgan fingerprint density at radius 2 is 2.45 bits per heavy atom.